The van der Waals surface area contributed by atoms with Gasteiger partial charge in [-0.1, -0.05) is 17.7 Å². The molecule has 2 saturated carbocycles. The molecule has 2 aromatic heterocycles. The van der Waals surface area contributed by atoms with Crippen molar-refractivity contribution in [3.05, 3.63) is 64.2 Å². The van der Waals surface area contributed by atoms with Gasteiger partial charge in [0.05, 0.1) is 23.0 Å². The number of hydrogen-bond acceptors (Lipinski definition) is 5. The molecule has 0 unspecified atom stereocenters. The van der Waals surface area contributed by atoms with Crippen LogP contribution in [0.4, 0.5) is 14.5 Å². The lowest BCUT2D eigenvalue weighted by Gasteiger charge is -2.46. The first kappa shape index (κ1) is 22.6. The van der Waals surface area contributed by atoms with Crippen molar-refractivity contribution in [2.45, 2.75) is 57.0 Å². The molecule has 2 aliphatic carbocycles. The van der Waals surface area contributed by atoms with Gasteiger partial charge in [-0.25, -0.2) is 8.78 Å². The van der Waals surface area contributed by atoms with E-state index in [0.29, 0.717) is 29.3 Å². The molecular weight excluding hydrogens is 470 g/mol. The van der Waals surface area contributed by atoms with Crippen LogP contribution >= 0.6 is 0 Å². The second-order valence-corrected chi connectivity index (χ2v) is 10.2. The third kappa shape index (κ3) is 3.44. The molecule has 1 aromatic carbocycles. The zero-order chi connectivity index (χ0) is 25.4. The van der Waals surface area contributed by atoms with Crippen molar-refractivity contribution in [2.75, 3.05) is 5.32 Å². The van der Waals surface area contributed by atoms with Crippen LogP contribution in [0.15, 0.2) is 30.5 Å². The van der Waals surface area contributed by atoms with Crippen molar-refractivity contribution < 1.29 is 23.2 Å². The third-order valence-corrected chi connectivity index (χ3v) is 7.57. The number of aryl methyl sites for hydroxylation is 1. The van der Waals surface area contributed by atoms with Crippen molar-refractivity contribution in [1.82, 2.24) is 25.3 Å². The molecule has 2 fully saturated rings. The maximum atomic E-state index is 13.8. The van der Waals surface area contributed by atoms with Gasteiger partial charge >= 0.3 is 0 Å². The van der Waals surface area contributed by atoms with Crippen molar-refractivity contribution in [2.24, 2.45) is 5.92 Å². The van der Waals surface area contributed by atoms with Gasteiger partial charge < -0.3 is 15.2 Å². The number of alkyl halides is 2. The van der Waals surface area contributed by atoms with Crippen molar-refractivity contribution in [1.29, 1.82) is 0 Å². The van der Waals surface area contributed by atoms with Crippen LogP contribution < -0.4 is 10.6 Å². The topological polar surface area (TPSA) is 122 Å². The minimum Gasteiger partial charge on any atom is -0.340 e. The Labute approximate surface area is 204 Å². The summed E-state index contributed by atoms with van der Waals surface area (Å²) in [4.78, 5) is 39.9. The summed E-state index contributed by atoms with van der Waals surface area (Å²) in [5.41, 5.74) is 2.05. The Balaban J connectivity index is 1.31. The Morgan fingerprint density at radius 2 is 1.86 bits per heavy atom. The van der Waals surface area contributed by atoms with Crippen LogP contribution in [0.3, 0.4) is 0 Å². The zero-order valence-corrected chi connectivity index (χ0v) is 19.7. The quantitative estimate of drug-likeness (QED) is 0.359. The molecule has 186 valence electrons. The van der Waals surface area contributed by atoms with E-state index in [0.717, 1.165) is 17.7 Å². The number of aromatic nitrogens is 4. The van der Waals surface area contributed by atoms with E-state index in [1.807, 2.05) is 19.1 Å². The number of nitrogens with zero attached hydrogens (tertiary/aromatic N) is 3. The number of anilines is 1. The van der Waals surface area contributed by atoms with E-state index in [-0.39, 0.29) is 23.2 Å². The summed E-state index contributed by atoms with van der Waals surface area (Å²) in [5.74, 6) is -4.70. The number of ketones is 1. The Kier molecular flexibility index (Phi) is 4.73. The molecule has 3 N–H and O–H groups in total. The number of hydrogen-bond donors (Lipinski definition) is 3. The molecule has 9 nitrogen and oxygen atoms in total. The van der Waals surface area contributed by atoms with Crippen LogP contribution in [0, 0.1) is 19.8 Å². The molecule has 2 atom stereocenters. The Bertz CT molecular complexity index is 1400. The van der Waals surface area contributed by atoms with Crippen molar-refractivity contribution >= 4 is 23.3 Å². The zero-order valence-electron chi connectivity index (χ0n) is 19.7. The van der Waals surface area contributed by atoms with E-state index in [4.69, 9.17) is 0 Å². The first-order valence-electron chi connectivity index (χ1n) is 11.8. The lowest BCUT2D eigenvalue weighted by Crippen LogP contribution is -2.61. The van der Waals surface area contributed by atoms with Crippen LogP contribution in [-0.2, 0) is 16.9 Å². The highest BCUT2D eigenvalue weighted by Gasteiger charge is 2.60. The summed E-state index contributed by atoms with van der Waals surface area (Å²) in [5, 5.41) is 15.3. The first-order valence-corrected chi connectivity index (χ1v) is 11.8. The van der Waals surface area contributed by atoms with Crippen LogP contribution in [-0.4, -0.2) is 43.5 Å². The third-order valence-electron chi connectivity index (χ3n) is 7.57. The van der Waals surface area contributed by atoms with Gasteiger partial charge in [0.1, 0.15) is 5.69 Å². The Morgan fingerprint density at radius 1 is 1.14 bits per heavy atom. The van der Waals surface area contributed by atoms with Gasteiger partial charge in [0.2, 0.25) is 0 Å². The van der Waals surface area contributed by atoms with Gasteiger partial charge in [-0.3, -0.25) is 14.4 Å². The molecule has 11 heteroatoms. The fourth-order valence-electron chi connectivity index (χ4n) is 5.75. The maximum absolute atomic E-state index is 13.8. The van der Waals surface area contributed by atoms with Crippen molar-refractivity contribution in [3.8, 4) is 0 Å². The number of carbonyl (C=O) groups is 3. The van der Waals surface area contributed by atoms with Gasteiger partial charge in [0.15, 0.2) is 0 Å². The summed E-state index contributed by atoms with van der Waals surface area (Å²) in [6.07, 6.45) is 0.843. The van der Waals surface area contributed by atoms with Crippen molar-refractivity contribution in [3.63, 3.8) is 0 Å². The van der Waals surface area contributed by atoms with E-state index in [1.165, 1.54) is 6.20 Å². The highest BCUT2D eigenvalue weighted by atomic mass is 19.3. The van der Waals surface area contributed by atoms with Crippen LogP contribution in [0.1, 0.15) is 68.5 Å². The molecule has 0 radical (unpaired) electrons. The van der Waals surface area contributed by atoms with Gasteiger partial charge in [0.25, 0.3) is 23.5 Å². The minimum absolute atomic E-state index is 0.130. The van der Waals surface area contributed by atoms with Crippen LogP contribution in [0.5, 0.6) is 0 Å². The van der Waals surface area contributed by atoms with E-state index in [2.05, 4.69) is 26.0 Å². The van der Waals surface area contributed by atoms with Gasteiger partial charge in [-0.2, -0.15) is 15.4 Å². The minimum atomic E-state index is -2.98. The highest BCUT2D eigenvalue weighted by molar-refractivity contribution is 6.43. The van der Waals surface area contributed by atoms with Crippen LogP contribution in [0.2, 0.25) is 0 Å². The molecule has 36 heavy (non-hydrogen) atoms. The predicted molar refractivity (Wildman–Crippen MR) is 124 cm³/mol. The molecule has 0 spiro atoms. The molecule has 6 rings (SSSR count). The summed E-state index contributed by atoms with van der Waals surface area (Å²) in [7, 11) is 0. The number of halogens is 2. The largest absolute Gasteiger partial charge is 0.340 e. The maximum Gasteiger partial charge on any atom is 0.294 e. The summed E-state index contributed by atoms with van der Waals surface area (Å²) >= 11 is 0. The number of Topliss-reactive ketones (excluding diaryl/α,β-unsaturated/α-hetero) is 1. The lowest BCUT2D eigenvalue weighted by atomic mass is 9.71. The first-order chi connectivity index (χ1) is 17.1. The molecule has 0 saturated heterocycles. The number of carbonyl (C=O) groups excluding carboxylic acids is 3. The Hall–Kier alpha value is -3.89. The average molecular weight is 495 g/mol. The highest BCUT2D eigenvalue weighted by Crippen LogP contribution is 2.56. The monoisotopic (exact) mass is 494 g/mol. The second-order valence-electron chi connectivity index (χ2n) is 10.2. The van der Waals surface area contributed by atoms with Gasteiger partial charge in [0, 0.05) is 36.7 Å². The Morgan fingerprint density at radius 3 is 2.50 bits per heavy atom. The van der Waals surface area contributed by atoms with Gasteiger partial charge in [-0.15, -0.1) is 0 Å². The number of aromatic amines is 1. The number of H-pyrrole nitrogens is 1. The molecule has 1 aliphatic heterocycles. The molecule has 3 aliphatic rings. The van der Waals surface area contributed by atoms with E-state index < -0.39 is 36.0 Å². The molecule has 0 bridgehead atoms. The number of nitrogens with one attached hydrogen (secondary N) is 3. The lowest BCUT2D eigenvalue weighted by molar-refractivity contribution is -0.148. The standard InChI is InChI=1S/C25H24F2N6O3/c1-12-3-5-15(6-4-12)29-22(35)18-13(2)19(33-9-14-7-16(14)20(18)33)21(34)23(36)30-24(10-25(26,27)11-24)17-8-28-32-31-17/h3-6,8,14,16H,7,9-11H2,1-2H3,(H,29,35)(H,30,36)(H,28,31,32)/t14-,16-/m1/s1. The average Bonchev–Trinajstić information content (AvgIpc) is 3.14. The fraction of sp³-hybridized carbons (Fsp3) is 0.400. The normalized spacial score (nSPS) is 22.2. The number of amides is 2. The SMILES string of the molecule is Cc1ccc(NC(=O)c2c(C)c(C(=O)C(=O)NC3(c4cn[nH]n4)CC(F)(F)C3)n3c2[C@@H]2C[C@@H]2C3)cc1. The van der Waals surface area contributed by atoms with Gasteiger partial charge in [-0.05, 0) is 43.9 Å². The second kappa shape index (κ2) is 7.55. The number of benzene rings is 1. The summed E-state index contributed by atoms with van der Waals surface area (Å²) in [6.45, 7) is 4.14. The smallest absolute Gasteiger partial charge is 0.294 e. The van der Waals surface area contributed by atoms with E-state index in [9.17, 15) is 23.2 Å². The summed E-state index contributed by atoms with van der Waals surface area (Å²) in [6, 6.07) is 7.38. The number of rotatable bonds is 6. The predicted octanol–water partition coefficient (Wildman–Crippen LogP) is 3.22. The molecular formula is C25H24F2N6O3. The van der Waals surface area contributed by atoms with Crippen LogP contribution in [0.25, 0.3) is 0 Å². The van der Waals surface area contributed by atoms with E-state index in [1.54, 1.807) is 23.6 Å². The van der Waals surface area contributed by atoms with E-state index >= 15 is 0 Å². The summed E-state index contributed by atoms with van der Waals surface area (Å²) < 4.78 is 29.4. The molecule has 2 amide bonds. The fourth-order valence-corrected chi connectivity index (χ4v) is 5.75. The molecule has 3 heterocycles. The number of fused-ring (bicyclic) bond motifs is 3. The molecule has 3 aromatic rings.